The molecule has 0 aliphatic heterocycles. The summed E-state index contributed by atoms with van der Waals surface area (Å²) in [5.41, 5.74) is 1.29. The van der Waals surface area contributed by atoms with Crippen LogP contribution in [0.15, 0.2) is 12.1 Å². The highest BCUT2D eigenvalue weighted by molar-refractivity contribution is 6.31. The van der Waals surface area contributed by atoms with Crippen molar-refractivity contribution in [3.8, 4) is 5.75 Å². The summed E-state index contributed by atoms with van der Waals surface area (Å²) < 4.78 is 5.46. The van der Waals surface area contributed by atoms with Crippen LogP contribution in [0.25, 0.3) is 0 Å². The van der Waals surface area contributed by atoms with Crippen molar-refractivity contribution in [3.63, 3.8) is 0 Å². The summed E-state index contributed by atoms with van der Waals surface area (Å²) in [4.78, 5) is 23.8. The molecule has 4 nitrogen and oxygen atoms in total. The number of rotatable bonds is 5. The van der Waals surface area contributed by atoms with Gasteiger partial charge >= 0.3 is 5.97 Å². The third-order valence-corrected chi connectivity index (χ3v) is 3.84. The number of nitrogens with one attached hydrogen (secondary N) is 1. The second-order valence-corrected chi connectivity index (χ2v) is 7.43. The highest BCUT2D eigenvalue weighted by Gasteiger charge is 2.21. The van der Waals surface area contributed by atoms with Gasteiger partial charge in [-0.05, 0) is 36.1 Å². The third kappa shape index (κ3) is 5.87. The van der Waals surface area contributed by atoms with Gasteiger partial charge < -0.3 is 10.1 Å². The maximum Gasteiger partial charge on any atom is 0.312 e. The summed E-state index contributed by atoms with van der Waals surface area (Å²) >= 11 is 6.14. The molecule has 0 unspecified atom stereocenters. The van der Waals surface area contributed by atoms with Gasteiger partial charge in [0.1, 0.15) is 5.75 Å². The fourth-order valence-corrected chi connectivity index (χ4v) is 2.10. The second kappa shape index (κ2) is 7.82. The molecule has 0 aliphatic rings. The molecule has 0 heterocycles. The lowest BCUT2D eigenvalue weighted by atomic mass is 9.96. The number of esters is 1. The van der Waals surface area contributed by atoms with Gasteiger partial charge in [-0.15, -0.1) is 0 Å². The van der Waals surface area contributed by atoms with Gasteiger partial charge in [0, 0.05) is 17.0 Å². The third-order valence-electron chi connectivity index (χ3n) is 3.43. The fourth-order valence-electron chi connectivity index (χ4n) is 1.93. The molecule has 0 fully saturated rings. The number of amides is 1. The Kier molecular flexibility index (Phi) is 6.63. The number of hydrogen-bond acceptors (Lipinski definition) is 3. The van der Waals surface area contributed by atoms with Crippen LogP contribution in [0.5, 0.6) is 5.75 Å². The lowest BCUT2D eigenvalue weighted by Crippen LogP contribution is -2.36. The molecule has 5 heteroatoms. The van der Waals surface area contributed by atoms with E-state index < -0.39 is 5.41 Å². The maximum absolute atomic E-state index is 12.0. The lowest BCUT2D eigenvalue weighted by molar-refractivity contribution is -0.134. The molecule has 0 aliphatic carbocycles. The number of benzene rings is 1. The quantitative estimate of drug-likeness (QED) is 0.645. The van der Waals surface area contributed by atoms with Crippen molar-refractivity contribution >= 4 is 23.5 Å². The highest BCUT2D eigenvalue weighted by atomic mass is 35.5. The van der Waals surface area contributed by atoms with Crippen LogP contribution in [0.1, 0.15) is 58.1 Å². The minimum Gasteiger partial charge on any atom is -0.426 e. The molecule has 23 heavy (non-hydrogen) atoms. The minimum atomic E-state index is -0.470. The zero-order chi connectivity index (χ0) is 17.8. The van der Waals surface area contributed by atoms with Crippen LogP contribution in [0.2, 0.25) is 5.02 Å². The van der Waals surface area contributed by atoms with Crippen LogP contribution >= 0.6 is 11.6 Å². The number of ether oxygens (including phenoxy) is 1. The molecular weight excluding hydrogens is 314 g/mol. The van der Waals surface area contributed by atoms with Gasteiger partial charge in [0.2, 0.25) is 5.91 Å². The summed E-state index contributed by atoms with van der Waals surface area (Å²) in [5.74, 6) is 0.267. The predicted octanol–water partition coefficient (Wildman–Crippen LogP) is 4.23. The average Bonchev–Trinajstić information content (AvgIpc) is 2.41. The molecule has 0 bridgehead atoms. The average molecular weight is 340 g/mol. The summed E-state index contributed by atoms with van der Waals surface area (Å²) in [7, 11) is 0. The van der Waals surface area contributed by atoms with Crippen LogP contribution in [0, 0.1) is 12.3 Å². The molecule has 0 radical (unpaired) electrons. The van der Waals surface area contributed by atoms with Crippen molar-refractivity contribution in [2.75, 3.05) is 6.54 Å². The molecule has 128 valence electrons. The zero-order valence-corrected chi connectivity index (χ0v) is 15.5. The first-order valence-electron chi connectivity index (χ1n) is 7.81. The van der Waals surface area contributed by atoms with Gasteiger partial charge in [-0.2, -0.15) is 0 Å². The van der Waals surface area contributed by atoms with Crippen molar-refractivity contribution in [3.05, 3.63) is 28.3 Å². The van der Waals surface area contributed by atoms with E-state index in [0.29, 0.717) is 10.8 Å². The first-order chi connectivity index (χ1) is 10.5. The van der Waals surface area contributed by atoms with Gasteiger partial charge in [0.15, 0.2) is 0 Å². The molecule has 0 saturated carbocycles. The molecule has 1 aromatic rings. The van der Waals surface area contributed by atoms with Crippen molar-refractivity contribution < 1.29 is 14.3 Å². The van der Waals surface area contributed by atoms with Crippen LogP contribution in [-0.4, -0.2) is 18.4 Å². The highest BCUT2D eigenvalue weighted by Crippen LogP contribution is 2.32. The first-order valence-corrected chi connectivity index (χ1v) is 8.19. The Hall–Kier alpha value is -1.55. The van der Waals surface area contributed by atoms with E-state index in [1.54, 1.807) is 6.07 Å². The fraction of sp³-hybridized carbons (Fsp3) is 0.556. The largest absolute Gasteiger partial charge is 0.426 e. The Morgan fingerprint density at radius 3 is 2.39 bits per heavy atom. The van der Waals surface area contributed by atoms with E-state index >= 15 is 0 Å². The molecule has 1 rings (SSSR count). The Labute approximate surface area is 143 Å². The molecule has 0 aromatic heterocycles. The van der Waals surface area contributed by atoms with Gasteiger partial charge in [0.05, 0.1) is 6.42 Å². The summed E-state index contributed by atoms with van der Waals surface area (Å²) in [6, 6.07) is 3.62. The molecule has 0 spiro atoms. The van der Waals surface area contributed by atoms with Gasteiger partial charge in [-0.1, -0.05) is 46.2 Å². The number of hydrogen-bond donors (Lipinski definition) is 1. The van der Waals surface area contributed by atoms with Crippen molar-refractivity contribution in [2.45, 2.75) is 53.9 Å². The molecule has 1 amide bonds. The van der Waals surface area contributed by atoms with E-state index in [1.807, 2.05) is 47.6 Å². The predicted molar refractivity (Wildman–Crippen MR) is 93.0 cm³/mol. The molecule has 0 atom stereocenters. The van der Waals surface area contributed by atoms with Gasteiger partial charge in [-0.3, -0.25) is 9.59 Å². The Morgan fingerprint density at radius 2 is 1.87 bits per heavy atom. The van der Waals surface area contributed by atoms with E-state index in [4.69, 9.17) is 16.3 Å². The topological polar surface area (TPSA) is 55.4 Å². The van der Waals surface area contributed by atoms with Gasteiger partial charge in [-0.25, -0.2) is 0 Å². The van der Waals surface area contributed by atoms with Crippen LogP contribution < -0.4 is 10.1 Å². The van der Waals surface area contributed by atoms with E-state index in [2.05, 4.69) is 5.32 Å². The van der Waals surface area contributed by atoms with Crippen molar-refractivity contribution in [1.29, 1.82) is 0 Å². The van der Waals surface area contributed by atoms with Crippen molar-refractivity contribution in [1.82, 2.24) is 5.32 Å². The normalized spacial score (nSPS) is 11.5. The standard InChI is InChI=1S/C18H26ClNO3/c1-11(2)13-10-14(19)12(3)9-15(13)23-16(21)7-8-20-17(22)18(4,5)6/h9-11H,7-8H2,1-6H3,(H,20,22). The number of halogens is 1. The maximum atomic E-state index is 12.0. The van der Waals surface area contributed by atoms with Crippen LogP contribution in [0.3, 0.4) is 0 Å². The zero-order valence-electron chi connectivity index (χ0n) is 14.7. The monoisotopic (exact) mass is 339 g/mol. The second-order valence-electron chi connectivity index (χ2n) is 7.02. The van der Waals surface area contributed by atoms with E-state index in [-0.39, 0.29) is 30.8 Å². The van der Waals surface area contributed by atoms with Crippen molar-refractivity contribution in [2.24, 2.45) is 5.41 Å². The van der Waals surface area contributed by atoms with E-state index in [9.17, 15) is 9.59 Å². The summed E-state index contributed by atoms with van der Waals surface area (Å²) in [6.45, 7) is 11.6. The van der Waals surface area contributed by atoms with E-state index in [1.165, 1.54) is 0 Å². The Morgan fingerprint density at radius 1 is 1.26 bits per heavy atom. The van der Waals surface area contributed by atoms with Crippen LogP contribution in [-0.2, 0) is 9.59 Å². The Bertz CT molecular complexity index is 589. The first kappa shape index (κ1) is 19.5. The molecule has 1 N–H and O–H groups in total. The number of aryl methyl sites for hydroxylation is 1. The summed E-state index contributed by atoms with van der Waals surface area (Å²) in [5, 5.41) is 3.39. The molecule has 1 aromatic carbocycles. The molecule has 0 saturated heterocycles. The van der Waals surface area contributed by atoms with E-state index in [0.717, 1.165) is 11.1 Å². The number of carbonyl (C=O) groups is 2. The minimum absolute atomic E-state index is 0.0875. The summed E-state index contributed by atoms with van der Waals surface area (Å²) in [6.07, 6.45) is 0.126. The smallest absolute Gasteiger partial charge is 0.312 e. The molecular formula is C18H26ClNO3. The van der Waals surface area contributed by atoms with Gasteiger partial charge in [0.25, 0.3) is 0 Å². The number of carbonyl (C=O) groups excluding carboxylic acids is 2. The SMILES string of the molecule is Cc1cc(OC(=O)CCNC(=O)C(C)(C)C)c(C(C)C)cc1Cl. The lowest BCUT2D eigenvalue weighted by Gasteiger charge is -2.18. The van der Waals surface area contributed by atoms with Crippen LogP contribution in [0.4, 0.5) is 0 Å². The Balaban J connectivity index is 2.68.